The zero-order valence-electron chi connectivity index (χ0n) is 18.0. The maximum Gasteiger partial charge on any atom is 0.318 e. The SMILES string of the molecule is O=C(NCCCCC1CCN(C(=O)C2CCS(O)(O)C2)CC1)N1Cc2ccncc2C1. The molecular formula is C22H34N4O4S. The molecule has 0 bridgehead atoms. The van der Waals surface area contributed by atoms with Crippen molar-refractivity contribution >= 4 is 22.5 Å². The van der Waals surface area contributed by atoms with Crippen LogP contribution in [0.2, 0.25) is 0 Å². The van der Waals surface area contributed by atoms with E-state index < -0.39 is 10.6 Å². The zero-order chi connectivity index (χ0) is 21.8. The van der Waals surface area contributed by atoms with Gasteiger partial charge in [-0.25, -0.2) is 4.79 Å². The minimum absolute atomic E-state index is 0.00783. The fraction of sp³-hybridized carbons (Fsp3) is 0.682. The average Bonchev–Trinajstić information content (AvgIpc) is 3.36. The molecule has 0 saturated carbocycles. The number of hydrogen-bond acceptors (Lipinski definition) is 5. The summed E-state index contributed by atoms with van der Waals surface area (Å²) in [7, 11) is -2.52. The zero-order valence-corrected chi connectivity index (χ0v) is 18.9. The first kappa shape index (κ1) is 22.4. The molecule has 1 aromatic rings. The van der Waals surface area contributed by atoms with Gasteiger partial charge in [-0.15, -0.1) is 0 Å². The average molecular weight is 451 g/mol. The van der Waals surface area contributed by atoms with Crippen molar-refractivity contribution in [3.8, 4) is 0 Å². The van der Waals surface area contributed by atoms with Crippen LogP contribution >= 0.6 is 10.6 Å². The lowest BCUT2D eigenvalue weighted by Crippen LogP contribution is -2.42. The van der Waals surface area contributed by atoms with Crippen molar-refractivity contribution in [3.05, 3.63) is 29.6 Å². The summed E-state index contributed by atoms with van der Waals surface area (Å²) >= 11 is 0. The number of aromatic nitrogens is 1. The van der Waals surface area contributed by atoms with Crippen molar-refractivity contribution in [2.45, 2.75) is 51.6 Å². The van der Waals surface area contributed by atoms with Gasteiger partial charge in [-0.05, 0) is 48.8 Å². The monoisotopic (exact) mass is 450 g/mol. The Morgan fingerprint density at radius 2 is 1.87 bits per heavy atom. The van der Waals surface area contributed by atoms with Crippen LogP contribution in [0.25, 0.3) is 0 Å². The molecule has 0 radical (unpaired) electrons. The summed E-state index contributed by atoms with van der Waals surface area (Å²) in [4.78, 5) is 32.8. The molecule has 172 valence electrons. The topological polar surface area (TPSA) is 106 Å². The van der Waals surface area contributed by atoms with Gasteiger partial charge in [-0.1, -0.05) is 12.8 Å². The number of pyridine rings is 1. The second-order valence-electron chi connectivity index (χ2n) is 9.16. The largest absolute Gasteiger partial charge is 0.342 e. The Balaban J connectivity index is 1.07. The fourth-order valence-corrected chi connectivity index (χ4v) is 6.73. The van der Waals surface area contributed by atoms with Crippen LogP contribution in [0.5, 0.6) is 0 Å². The van der Waals surface area contributed by atoms with Gasteiger partial charge in [0.2, 0.25) is 5.91 Å². The third-order valence-corrected chi connectivity index (χ3v) is 8.69. The first-order chi connectivity index (χ1) is 14.9. The molecule has 1 aromatic heterocycles. The molecule has 1 unspecified atom stereocenters. The lowest BCUT2D eigenvalue weighted by molar-refractivity contribution is -0.136. The van der Waals surface area contributed by atoms with Gasteiger partial charge in [0.05, 0.1) is 5.92 Å². The predicted molar refractivity (Wildman–Crippen MR) is 121 cm³/mol. The van der Waals surface area contributed by atoms with E-state index in [2.05, 4.69) is 10.3 Å². The number of nitrogens with one attached hydrogen (secondary N) is 1. The number of likely N-dealkylation sites (tertiary alicyclic amines) is 1. The normalized spacial score (nSPS) is 24.1. The van der Waals surface area contributed by atoms with Crippen LogP contribution in [0.4, 0.5) is 4.79 Å². The predicted octanol–water partition coefficient (Wildman–Crippen LogP) is 3.29. The van der Waals surface area contributed by atoms with Crippen LogP contribution in [0.3, 0.4) is 0 Å². The van der Waals surface area contributed by atoms with E-state index in [1.54, 1.807) is 6.20 Å². The Labute approximate surface area is 185 Å². The van der Waals surface area contributed by atoms with E-state index in [0.717, 1.165) is 50.8 Å². The molecular weight excluding hydrogens is 416 g/mol. The van der Waals surface area contributed by atoms with Gasteiger partial charge < -0.3 is 15.1 Å². The molecule has 1 atom stereocenters. The number of hydrogen-bond donors (Lipinski definition) is 3. The van der Waals surface area contributed by atoms with E-state index in [-0.39, 0.29) is 23.6 Å². The molecule has 3 aliphatic heterocycles. The van der Waals surface area contributed by atoms with Gasteiger partial charge in [0, 0.05) is 56.6 Å². The van der Waals surface area contributed by atoms with Gasteiger partial charge >= 0.3 is 6.03 Å². The number of amides is 3. The van der Waals surface area contributed by atoms with E-state index in [4.69, 9.17) is 0 Å². The molecule has 4 heterocycles. The lowest BCUT2D eigenvalue weighted by atomic mass is 9.91. The number of fused-ring (bicyclic) bond motifs is 1. The maximum absolute atomic E-state index is 12.6. The smallest absolute Gasteiger partial charge is 0.318 e. The summed E-state index contributed by atoms with van der Waals surface area (Å²) in [6.45, 7) is 3.53. The number of carbonyl (C=O) groups is 2. The second-order valence-corrected chi connectivity index (χ2v) is 11.5. The summed E-state index contributed by atoms with van der Waals surface area (Å²) in [5, 5.41) is 3.03. The van der Waals surface area contributed by atoms with E-state index >= 15 is 0 Å². The summed E-state index contributed by atoms with van der Waals surface area (Å²) in [5.74, 6) is 1.16. The van der Waals surface area contributed by atoms with Crippen LogP contribution in [0.1, 0.15) is 49.7 Å². The van der Waals surface area contributed by atoms with Crippen LogP contribution in [0.15, 0.2) is 18.5 Å². The Morgan fingerprint density at radius 3 is 2.58 bits per heavy atom. The Hall–Kier alpha value is -1.84. The fourth-order valence-electron chi connectivity index (χ4n) is 4.94. The maximum atomic E-state index is 12.6. The highest BCUT2D eigenvalue weighted by atomic mass is 32.3. The van der Waals surface area contributed by atoms with Gasteiger partial charge in [-0.2, -0.15) is 10.6 Å². The number of nitrogens with zero attached hydrogens (tertiary/aromatic N) is 3. The number of rotatable bonds is 6. The first-order valence-corrected chi connectivity index (χ1v) is 13.3. The van der Waals surface area contributed by atoms with E-state index in [9.17, 15) is 18.7 Å². The summed E-state index contributed by atoms with van der Waals surface area (Å²) in [6, 6.07) is 1.97. The van der Waals surface area contributed by atoms with E-state index in [1.807, 2.05) is 22.1 Å². The van der Waals surface area contributed by atoms with Crippen LogP contribution in [-0.2, 0) is 17.9 Å². The van der Waals surface area contributed by atoms with Crippen molar-refractivity contribution in [1.29, 1.82) is 0 Å². The van der Waals surface area contributed by atoms with Crippen molar-refractivity contribution in [3.63, 3.8) is 0 Å². The van der Waals surface area contributed by atoms with Crippen molar-refractivity contribution in [1.82, 2.24) is 20.1 Å². The number of urea groups is 1. The molecule has 0 aliphatic carbocycles. The van der Waals surface area contributed by atoms with E-state index in [0.29, 0.717) is 37.7 Å². The molecule has 2 fully saturated rings. The number of unbranched alkanes of at least 4 members (excludes halogenated alkanes) is 1. The molecule has 9 heteroatoms. The highest BCUT2D eigenvalue weighted by molar-refractivity contribution is 8.24. The molecule has 3 aliphatic rings. The number of piperidine rings is 1. The van der Waals surface area contributed by atoms with Crippen LogP contribution in [0, 0.1) is 11.8 Å². The summed E-state index contributed by atoms with van der Waals surface area (Å²) in [5.41, 5.74) is 2.31. The summed E-state index contributed by atoms with van der Waals surface area (Å²) < 4.78 is 19.5. The molecule has 0 spiro atoms. The highest BCUT2D eigenvalue weighted by Gasteiger charge is 2.36. The molecule has 0 aromatic carbocycles. The quantitative estimate of drug-likeness (QED) is 0.577. The summed E-state index contributed by atoms with van der Waals surface area (Å²) in [6.07, 6.45) is 9.41. The Morgan fingerprint density at radius 1 is 1.10 bits per heavy atom. The third-order valence-electron chi connectivity index (χ3n) is 6.87. The van der Waals surface area contributed by atoms with Crippen LogP contribution in [-0.4, -0.2) is 67.0 Å². The second kappa shape index (κ2) is 9.75. The van der Waals surface area contributed by atoms with Crippen molar-refractivity contribution < 1.29 is 18.7 Å². The minimum atomic E-state index is -2.52. The number of carbonyl (C=O) groups excluding carboxylic acids is 2. The van der Waals surface area contributed by atoms with E-state index in [1.165, 1.54) is 5.56 Å². The molecule has 8 nitrogen and oxygen atoms in total. The molecule has 3 amide bonds. The van der Waals surface area contributed by atoms with Crippen molar-refractivity contribution in [2.75, 3.05) is 31.1 Å². The highest BCUT2D eigenvalue weighted by Crippen LogP contribution is 2.48. The van der Waals surface area contributed by atoms with Gasteiger partial charge in [0.15, 0.2) is 0 Å². The van der Waals surface area contributed by atoms with Crippen molar-refractivity contribution in [2.24, 2.45) is 11.8 Å². The lowest BCUT2D eigenvalue weighted by Gasteiger charge is -2.34. The third kappa shape index (κ3) is 5.70. The molecule has 4 rings (SSSR count). The molecule has 2 saturated heterocycles. The molecule has 31 heavy (non-hydrogen) atoms. The molecule has 3 N–H and O–H groups in total. The van der Waals surface area contributed by atoms with Crippen LogP contribution < -0.4 is 5.32 Å². The van der Waals surface area contributed by atoms with Gasteiger partial charge in [-0.3, -0.25) is 18.9 Å². The minimum Gasteiger partial charge on any atom is -0.342 e. The standard InChI is InChI=1S/C22H34N4O4S/c27-21(19-7-12-31(29,30)16-19)25-10-5-17(6-11-25)3-1-2-8-24-22(28)26-14-18-4-9-23-13-20(18)15-26/h4,9,13,17,19,29-30H,1-3,5-8,10-12,14-16H2,(H,24,28). The first-order valence-electron chi connectivity index (χ1n) is 11.4. The Kier molecular flexibility index (Phi) is 7.03. The Bertz CT molecular complexity index is 772. The van der Waals surface area contributed by atoms with Gasteiger partial charge in [0.1, 0.15) is 0 Å². The van der Waals surface area contributed by atoms with Gasteiger partial charge in [0.25, 0.3) is 0 Å².